The Morgan fingerprint density at radius 3 is 2.50 bits per heavy atom. The van der Waals surface area contributed by atoms with E-state index in [1.54, 1.807) is 4.90 Å². The Balaban J connectivity index is 0.00000361. The number of nitrogens with zero attached hydrogens (tertiary/aromatic N) is 1. The van der Waals surface area contributed by atoms with Gasteiger partial charge in [0.15, 0.2) is 0 Å². The van der Waals surface area contributed by atoms with Gasteiger partial charge in [0.25, 0.3) is 0 Å². The Morgan fingerprint density at radius 1 is 1.35 bits per heavy atom. The quantitative estimate of drug-likeness (QED) is 0.804. The zero-order chi connectivity index (χ0) is 14.5. The largest absolute Gasteiger partial charge is 0.355 e. The summed E-state index contributed by atoms with van der Waals surface area (Å²) in [4.78, 5) is 25.8. The number of rotatable bonds is 5. The fourth-order valence-electron chi connectivity index (χ4n) is 2.76. The van der Waals surface area contributed by atoms with Crippen molar-refractivity contribution in [3.05, 3.63) is 0 Å². The molecule has 1 fully saturated rings. The molecular weight excluding hydrogens is 278 g/mol. The summed E-state index contributed by atoms with van der Waals surface area (Å²) in [6.07, 6.45) is 3.83. The van der Waals surface area contributed by atoms with Crippen molar-refractivity contribution in [3.8, 4) is 0 Å². The van der Waals surface area contributed by atoms with Crippen molar-refractivity contribution in [2.24, 2.45) is 11.7 Å². The molecule has 1 saturated carbocycles. The van der Waals surface area contributed by atoms with E-state index in [0.717, 1.165) is 25.7 Å². The van der Waals surface area contributed by atoms with Crippen LogP contribution in [-0.4, -0.2) is 41.9 Å². The summed E-state index contributed by atoms with van der Waals surface area (Å²) >= 11 is 0. The lowest BCUT2D eigenvalue weighted by atomic mass is 9.74. The third kappa shape index (κ3) is 4.94. The van der Waals surface area contributed by atoms with Crippen molar-refractivity contribution in [2.45, 2.75) is 52.0 Å². The number of amides is 2. The van der Waals surface area contributed by atoms with Crippen molar-refractivity contribution < 1.29 is 9.59 Å². The standard InChI is InChI=1S/C14H27N3O2.ClH/c1-4-16-12(18)10-17(5-2)13(19)11-8-6-7-9-14(11,3)15;/h11H,4-10,15H2,1-3H3,(H,16,18);1H. The van der Waals surface area contributed by atoms with Crippen molar-refractivity contribution in [1.29, 1.82) is 0 Å². The fraction of sp³-hybridized carbons (Fsp3) is 0.857. The second kappa shape index (κ2) is 8.47. The molecule has 0 aromatic rings. The molecule has 0 aliphatic heterocycles. The highest BCUT2D eigenvalue weighted by molar-refractivity contribution is 5.86. The zero-order valence-electron chi connectivity index (χ0n) is 12.8. The molecule has 1 aliphatic rings. The maximum absolute atomic E-state index is 12.6. The Bertz CT molecular complexity index is 334. The van der Waals surface area contributed by atoms with E-state index in [1.807, 2.05) is 20.8 Å². The number of nitrogens with one attached hydrogen (secondary N) is 1. The first kappa shape index (κ1) is 19.2. The second-order valence-corrected chi connectivity index (χ2v) is 5.61. The molecule has 0 aromatic heterocycles. The van der Waals surface area contributed by atoms with Crippen LogP contribution in [0.2, 0.25) is 0 Å². The molecule has 118 valence electrons. The van der Waals surface area contributed by atoms with Gasteiger partial charge in [0.05, 0.1) is 12.5 Å². The molecule has 6 heteroatoms. The van der Waals surface area contributed by atoms with Crippen molar-refractivity contribution in [1.82, 2.24) is 10.2 Å². The molecule has 0 saturated heterocycles. The summed E-state index contributed by atoms with van der Waals surface area (Å²) < 4.78 is 0. The van der Waals surface area contributed by atoms with Gasteiger partial charge < -0.3 is 16.0 Å². The lowest BCUT2D eigenvalue weighted by Crippen LogP contribution is -2.54. The number of hydrogen-bond donors (Lipinski definition) is 2. The van der Waals surface area contributed by atoms with Gasteiger partial charge in [-0.2, -0.15) is 0 Å². The van der Waals surface area contributed by atoms with Crippen LogP contribution in [0.4, 0.5) is 0 Å². The lowest BCUT2D eigenvalue weighted by Gasteiger charge is -2.39. The number of halogens is 1. The first-order valence-electron chi connectivity index (χ1n) is 7.26. The van der Waals surface area contributed by atoms with Gasteiger partial charge in [-0.1, -0.05) is 12.8 Å². The van der Waals surface area contributed by atoms with Gasteiger partial charge in [0.1, 0.15) is 0 Å². The Morgan fingerprint density at radius 2 is 2.00 bits per heavy atom. The van der Waals surface area contributed by atoms with E-state index in [-0.39, 0.29) is 36.7 Å². The first-order chi connectivity index (χ1) is 8.92. The second-order valence-electron chi connectivity index (χ2n) is 5.61. The van der Waals surface area contributed by atoms with Crippen LogP contribution < -0.4 is 11.1 Å². The molecule has 20 heavy (non-hydrogen) atoms. The van der Waals surface area contributed by atoms with E-state index in [1.165, 1.54) is 0 Å². The number of carbonyl (C=O) groups is 2. The number of hydrogen-bond acceptors (Lipinski definition) is 3. The monoisotopic (exact) mass is 305 g/mol. The minimum Gasteiger partial charge on any atom is -0.355 e. The SMILES string of the molecule is CCNC(=O)CN(CC)C(=O)C1CCCCC1(C)N.Cl. The molecule has 2 unspecified atom stereocenters. The molecule has 1 aliphatic carbocycles. The molecule has 0 radical (unpaired) electrons. The van der Waals surface area contributed by atoms with E-state index < -0.39 is 5.54 Å². The smallest absolute Gasteiger partial charge is 0.239 e. The summed E-state index contributed by atoms with van der Waals surface area (Å²) in [7, 11) is 0. The molecule has 3 N–H and O–H groups in total. The third-order valence-electron chi connectivity index (χ3n) is 3.95. The lowest BCUT2D eigenvalue weighted by molar-refractivity contribution is -0.142. The van der Waals surface area contributed by atoms with Crippen molar-refractivity contribution in [3.63, 3.8) is 0 Å². The molecule has 0 bridgehead atoms. The van der Waals surface area contributed by atoms with Crippen LogP contribution in [0.15, 0.2) is 0 Å². The fourth-order valence-corrected chi connectivity index (χ4v) is 2.76. The highest BCUT2D eigenvalue weighted by atomic mass is 35.5. The normalized spacial score (nSPS) is 25.5. The first-order valence-corrected chi connectivity index (χ1v) is 7.26. The highest BCUT2D eigenvalue weighted by Gasteiger charge is 2.39. The number of carbonyl (C=O) groups excluding carboxylic acids is 2. The maximum Gasteiger partial charge on any atom is 0.239 e. The molecule has 1 rings (SSSR count). The Kier molecular flexibility index (Phi) is 8.13. The van der Waals surface area contributed by atoms with Gasteiger partial charge in [-0.3, -0.25) is 9.59 Å². The average molecular weight is 306 g/mol. The third-order valence-corrected chi connectivity index (χ3v) is 3.95. The molecule has 5 nitrogen and oxygen atoms in total. The predicted molar refractivity (Wildman–Crippen MR) is 82.7 cm³/mol. The van der Waals surface area contributed by atoms with Gasteiger partial charge in [-0.05, 0) is 33.6 Å². The number of likely N-dealkylation sites (N-methyl/N-ethyl adjacent to an activating group) is 2. The highest BCUT2D eigenvalue weighted by Crippen LogP contribution is 2.32. The molecule has 0 heterocycles. The summed E-state index contributed by atoms with van der Waals surface area (Å²) in [6.45, 7) is 6.98. The summed E-state index contributed by atoms with van der Waals surface area (Å²) in [6, 6.07) is 0. The van der Waals surface area contributed by atoms with E-state index >= 15 is 0 Å². The average Bonchev–Trinajstić information content (AvgIpc) is 2.35. The van der Waals surface area contributed by atoms with Crippen LogP contribution in [-0.2, 0) is 9.59 Å². The summed E-state index contributed by atoms with van der Waals surface area (Å²) in [5, 5.41) is 2.72. The van der Waals surface area contributed by atoms with Crippen LogP contribution in [0.25, 0.3) is 0 Å². The minimum atomic E-state index is -0.440. The maximum atomic E-state index is 12.6. The van der Waals surface area contributed by atoms with Gasteiger partial charge in [0.2, 0.25) is 11.8 Å². The topological polar surface area (TPSA) is 75.4 Å². The Hall–Kier alpha value is -0.810. The van der Waals surface area contributed by atoms with E-state index in [0.29, 0.717) is 13.1 Å². The predicted octanol–water partition coefficient (Wildman–Crippen LogP) is 1.30. The van der Waals surface area contributed by atoms with E-state index in [4.69, 9.17) is 5.73 Å². The van der Waals surface area contributed by atoms with E-state index in [9.17, 15) is 9.59 Å². The van der Waals surface area contributed by atoms with Crippen molar-refractivity contribution in [2.75, 3.05) is 19.6 Å². The van der Waals surface area contributed by atoms with Crippen LogP contribution in [0.1, 0.15) is 46.5 Å². The van der Waals surface area contributed by atoms with Crippen LogP contribution >= 0.6 is 12.4 Å². The van der Waals surface area contributed by atoms with Gasteiger partial charge in [0, 0.05) is 18.6 Å². The Labute approximate surface area is 128 Å². The van der Waals surface area contributed by atoms with Gasteiger partial charge in [-0.15, -0.1) is 12.4 Å². The molecule has 0 aromatic carbocycles. The molecule has 0 spiro atoms. The van der Waals surface area contributed by atoms with Crippen LogP contribution in [0.3, 0.4) is 0 Å². The number of nitrogens with two attached hydrogens (primary N) is 1. The molecule has 2 amide bonds. The summed E-state index contributed by atoms with van der Waals surface area (Å²) in [5.74, 6) is -0.235. The van der Waals surface area contributed by atoms with E-state index in [2.05, 4.69) is 5.32 Å². The van der Waals surface area contributed by atoms with Crippen LogP contribution in [0.5, 0.6) is 0 Å². The van der Waals surface area contributed by atoms with Gasteiger partial charge >= 0.3 is 0 Å². The minimum absolute atomic E-state index is 0. The van der Waals surface area contributed by atoms with Crippen molar-refractivity contribution >= 4 is 24.2 Å². The summed E-state index contributed by atoms with van der Waals surface area (Å²) in [5.41, 5.74) is 5.82. The zero-order valence-corrected chi connectivity index (χ0v) is 13.6. The van der Waals surface area contributed by atoms with Crippen LogP contribution in [0, 0.1) is 5.92 Å². The molecular formula is C14H28ClN3O2. The molecule has 2 atom stereocenters. The van der Waals surface area contributed by atoms with Gasteiger partial charge in [-0.25, -0.2) is 0 Å².